The van der Waals surface area contributed by atoms with Gasteiger partial charge in [-0.05, 0) is 98.4 Å². The number of Topliss-reactive ketones (excluding diaryl/α,β-unsaturated/α-hetero) is 1. The van der Waals surface area contributed by atoms with Crippen LogP contribution in [-0.4, -0.2) is 67.1 Å². The highest BCUT2D eigenvalue weighted by molar-refractivity contribution is 5.97. The molecule has 5 fully saturated rings. The summed E-state index contributed by atoms with van der Waals surface area (Å²) in [6, 6.07) is 16.4. The van der Waals surface area contributed by atoms with Crippen LogP contribution in [0.15, 0.2) is 54.6 Å². The van der Waals surface area contributed by atoms with Gasteiger partial charge in [0.05, 0.1) is 30.6 Å². The molecule has 2 unspecified atom stereocenters. The van der Waals surface area contributed by atoms with Gasteiger partial charge in [-0.15, -0.1) is 5.01 Å². The van der Waals surface area contributed by atoms with Crippen LogP contribution >= 0.6 is 0 Å². The molecule has 1 saturated heterocycles. The van der Waals surface area contributed by atoms with Gasteiger partial charge in [-0.3, -0.25) is 15.0 Å². The van der Waals surface area contributed by atoms with Gasteiger partial charge in [-0.25, -0.2) is 4.79 Å². The fraction of sp³-hybridized carbons (Fsp3) is 0.576. The van der Waals surface area contributed by atoms with Crippen LogP contribution in [0.2, 0.25) is 0 Å². The van der Waals surface area contributed by atoms with Gasteiger partial charge >= 0.3 is 12.2 Å². The summed E-state index contributed by atoms with van der Waals surface area (Å²) in [5.41, 5.74) is 2.36. The SMILES string of the molecule is O=C(Nc1ccccc1)NC1C(=O)C(CCN2CCOCC2)c2ccccc2N(CC23CC4CC(CC(C4)C2)C3)[N+]1=O. The molecule has 9 heteroatoms. The van der Waals surface area contributed by atoms with Crippen molar-refractivity contribution in [2.45, 2.75) is 57.0 Å². The first kappa shape index (κ1) is 27.5. The Labute approximate surface area is 247 Å². The number of para-hydroxylation sites is 2. The molecule has 2 atom stereocenters. The molecule has 2 amide bonds. The zero-order chi connectivity index (χ0) is 28.7. The minimum Gasteiger partial charge on any atom is -0.379 e. The summed E-state index contributed by atoms with van der Waals surface area (Å²) < 4.78 is 5.52. The Hall–Kier alpha value is -3.30. The van der Waals surface area contributed by atoms with Gasteiger partial charge in [-0.2, -0.15) is 0 Å². The molecule has 4 bridgehead atoms. The third kappa shape index (κ3) is 5.44. The Balaban J connectivity index is 1.21. The quantitative estimate of drug-likeness (QED) is 0.457. The van der Waals surface area contributed by atoms with E-state index in [1.165, 1.54) is 19.3 Å². The second-order valence-corrected chi connectivity index (χ2v) is 13.4. The van der Waals surface area contributed by atoms with Gasteiger partial charge in [-0.1, -0.05) is 36.4 Å². The van der Waals surface area contributed by atoms with E-state index >= 15 is 0 Å². The molecule has 42 heavy (non-hydrogen) atoms. The van der Waals surface area contributed by atoms with Crippen LogP contribution in [0.25, 0.3) is 0 Å². The molecule has 2 aromatic carbocycles. The lowest BCUT2D eigenvalue weighted by Gasteiger charge is -2.57. The molecule has 8 rings (SSSR count). The summed E-state index contributed by atoms with van der Waals surface area (Å²) in [5.74, 6) is 1.46. The number of ether oxygens (including phenoxy) is 1. The number of benzene rings is 2. The van der Waals surface area contributed by atoms with Crippen LogP contribution in [0.5, 0.6) is 0 Å². The largest absolute Gasteiger partial charge is 0.379 e. The van der Waals surface area contributed by atoms with Crippen LogP contribution in [0.3, 0.4) is 0 Å². The Kier molecular flexibility index (Phi) is 7.48. The normalized spacial score (nSPS) is 32.4. The number of urea groups is 1. The molecule has 9 nitrogen and oxygen atoms in total. The summed E-state index contributed by atoms with van der Waals surface area (Å²) >= 11 is 0. The molecule has 2 N–H and O–H groups in total. The third-order valence-electron chi connectivity index (χ3n) is 10.4. The fourth-order valence-electron chi connectivity index (χ4n) is 9.05. The van der Waals surface area contributed by atoms with Gasteiger partial charge in [0, 0.05) is 18.8 Å². The molecule has 0 spiro atoms. The summed E-state index contributed by atoms with van der Waals surface area (Å²) in [6.45, 7) is 4.34. The first-order valence-corrected chi connectivity index (χ1v) is 15.8. The standard InChI is InChI=1S/C33H41N5O4/c39-30-28(10-11-36-12-14-42-15-13-36)27-8-4-5-9-29(27)37(22-33-19-23-16-24(20-33)18-25(17-23)21-33)38(41)31(30)35-32(40)34-26-6-2-1-3-7-26/h1-9,23-25,28,31H,10-22H2,(H-,34,35,40)/p+1. The number of hydrogen-bond donors (Lipinski definition) is 2. The number of carbonyl (C=O) groups is 2. The predicted molar refractivity (Wildman–Crippen MR) is 160 cm³/mol. The fourth-order valence-corrected chi connectivity index (χ4v) is 9.05. The average Bonchev–Trinajstić information content (AvgIpc) is 3.06. The maximum absolute atomic E-state index is 14.4. The lowest BCUT2D eigenvalue weighted by molar-refractivity contribution is -0.589. The van der Waals surface area contributed by atoms with E-state index in [1.54, 1.807) is 12.1 Å². The van der Waals surface area contributed by atoms with E-state index in [0.717, 1.165) is 72.8 Å². The number of rotatable bonds is 7. The van der Waals surface area contributed by atoms with Gasteiger partial charge in [0.1, 0.15) is 5.69 Å². The van der Waals surface area contributed by atoms with E-state index in [4.69, 9.17) is 4.74 Å². The predicted octanol–water partition coefficient (Wildman–Crippen LogP) is 4.94. The van der Waals surface area contributed by atoms with Crippen molar-refractivity contribution in [3.05, 3.63) is 65.1 Å². The third-order valence-corrected chi connectivity index (χ3v) is 10.4. The molecule has 2 heterocycles. The van der Waals surface area contributed by atoms with Gasteiger partial charge < -0.3 is 10.1 Å². The van der Waals surface area contributed by atoms with Crippen molar-refractivity contribution in [2.24, 2.45) is 23.2 Å². The number of carbonyl (C=O) groups excluding carboxylic acids is 2. The molecule has 2 aliphatic heterocycles. The summed E-state index contributed by atoms with van der Waals surface area (Å²) in [7, 11) is 0. The minimum absolute atomic E-state index is 0.0675. The summed E-state index contributed by atoms with van der Waals surface area (Å²) in [4.78, 5) is 45.1. The highest BCUT2D eigenvalue weighted by atomic mass is 16.5. The van der Waals surface area contributed by atoms with Gasteiger partial charge in [0.2, 0.25) is 5.78 Å². The second-order valence-electron chi connectivity index (χ2n) is 13.4. The number of morpholine rings is 1. The van der Waals surface area contributed by atoms with Crippen molar-refractivity contribution < 1.29 is 19.2 Å². The highest BCUT2D eigenvalue weighted by Crippen LogP contribution is 2.60. The van der Waals surface area contributed by atoms with Crippen LogP contribution in [-0.2, 0) is 9.53 Å². The van der Waals surface area contributed by atoms with E-state index in [2.05, 4.69) is 15.5 Å². The van der Waals surface area contributed by atoms with Crippen LogP contribution in [0, 0.1) is 28.1 Å². The summed E-state index contributed by atoms with van der Waals surface area (Å²) in [5, 5.41) is 7.40. The Morgan fingerprint density at radius 2 is 1.57 bits per heavy atom. The van der Waals surface area contributed by atoms with E-state index in [0.29, 0.717) is 31.9 Å². The Bertz CT molecular complexity index is 1290. The van der Waals surface area contributed by atoms with Crippen molar-refractivity contribution in [1.82, 2.24) is 10.2 Å². The molecular weight excluding hydrogens is 530 g/mol. The van der Waals surface area contributed by atoms with E-state index < -0.39 is 18.1 Å². The highest BCUT2D eigenvalue weighted by Gasteiger charge is 2.56. The first-order chi connectivity index (χ1) is 20.5. The molecule has 4 saturated carbocycles. The number of fused-ring (bicyclic) bond motifs is 1. The summed E-state index contributed by atoms with van der Waals surface area (Å²) in [6.07, 6.45) is 6.65. The van der Waals surface area contributed by atoms with Crippen LogP contribution in [0.1, 0.15) is 56.4 Å². The number of anilines is 2. The topological polar surface area (TPSA) is 94.0 Å². The van der Waals surface area contributed by atoms with E-state index in [9.17, 15) is 14.5 Å². The number of hydrogen-bond acceptors (Lipinski definition) is 5. The number of hydrazine groups is 1. The van der Waals surface area contributed by atoms with Crippen molar-refractivity contribution in [3.63, 3.8) is 0 Å². The molecule has 0 aromatic heterocycles. The molecule has 0 radical (unpaired) electrons. The number of ketones is 1. The Morgan fingerprint density at radius 1 is 0.929 bits per heavy atom. The smallest absolute Gasteiger partial charge is 0.369 e. The Morgan fingerprint density at radius 3 is 2.26 bits per heavy atom. The lowest BCUT2D eigenvalue weighted by Crippen LogP contribution is -2.58. The number of nitrogens with zero attached hydrogens (tertiary/aromatic N) is 3. The molecular formula is C33H42N5O4+. The van der Waals surface area contributed by atoms with E-state index in [1.807, 2.05) is 47.5 Å². The zero-order valence-corrected chi connectivity index (χ0v) is 24.2. The van der Waals surface area contributed by atoms with Gasteiger partial charge in [0.15, 0.2) is 4.87 Å². The number of nitrogens with one attached hydrogen (secondary N) is 2. The minimum atomic E-state index is -1.33. The van der Waals surface area contributed by atoms with Crippen molar-refractivity contribution in [2.75, 3.05) is 49.7 Å². The molecule has 222 valence electrons. The number of nitroso groups, excluding NO2 is 1. The lowest BCUT2D eigenvalue weighted by atomic mass is 9.49. The van der Waals surface area contributed by atoms with Crippen LogP contribution in [0.4, 0.5) is 16.2 Å². The van der Waals surface area contributed by atoms with Crippen molar-refractivity contribution in [3.8, 4) is 0 Å². The average molecular weight is 573 g/mol. The second kappa shape index (κ2) is 11.4. The van der Waals surface area contributed by atoms with E-state index in [-0.39, 0.29) is 11.2 Å². The van der Waals surface area contributed by atoms with Crippen molar-refractivity contribution >= 4 is 23.2 Å². The maximum Gasteiger partial charge on any atom is 0.369 e. The maximum atomic E-state index is 14.4. The molecule has 2 aromatic rings. The molecule has 6 aliphatic rings. The number of amides is 2. The monoisotopic (exact) mass is 572 g/mol. The van der Waals surface area contributed by atoms with Gasteiger partial charge in [0.25, 0.3) is 0 Å². The first-order valence-electron chi connectivity index (χ1n) is 15.8. The zero-order valence-electron chi connectivity index (χ0n) is 24.2. The molecule has 4 aliphatic carbocycles. The van der Waals surface area contributed by atoms with Crippen molar-refractivity contribution in [1.29, 1.82) is 0 Å². The van der Waals surface area contributed by atoms with Crippen LogP contribution < -0.4 is 15.6 Å².